The Labute approximate surface area is 122 Å². The van der Waals surface area contributed by atoms with Gasteiger partial charge < -0.3 is 15.0 Å². The van der Waals surface area contributed by atoms with Crippen molar-refractivity contribution in [1.82, 2.24) is 15.3 Å². The van der Waals surface area contributed by atoms with Gasteiger partial charge in [-0.05, 0) is 26.8 Å². The van der Waals surface area contributed by atoms with E-state index in [1.165, 1.54) is 24.9 Å². The molecule has 0 amide bonds. The largest absolute Gasteiger partial charge is 0.468 e. The van der Waals surface area contributed by atoms with E-state index < -0.39 is 5.54 Å². The van der Waals surface area contributed by atoms with Crippen LogP contribution in [0.3, 0.4) is 0 Å². The van der Waals surface area contributed by atoms with Crippen LogP contribution < -0.4 is 10.9 Å². The monoisotopic (exact) mass is 299 g/mol. The van der Waals surface area contributed by atoms with Crippen molar-refractivity contribution in [2.45, 2.75) is 37.9 Å². The minimum absolute atomic E-state index is 0.164. The third kappa shape index (κ3) is 4.64. The number of thioether (sulfide) groups is 1. The number of aromatic nitrogens is 2. The summed E-state index contributed by atoms with van der Waals surface area (Å²) in [5.74, 6) is 0.357. The quantitative estimate of drug-likeness (QED) is 0.446. The van der Waals surface area contributed by atoms with Gasteiger partial charge in [0.15, 0.2) is 5.16 Å². The number of methoxy groups -OCH3 is 1. The fourth-order valence-corrected chi connectivity index (χ4v) is 2.93. The maximum atomic E-state index is 11.8. The van der Waals surface area contributed by atoms with Crippen molar-refractivity contribution in [2.24, 2.45) is 0 Å². The third-order valence-electron chi connectivity index (χ3n) is 2.89. The van der Waals surface area contributed by atoms with Crippen molar-refractivity contribution in [3.05, 3.63) is 22.1 Å². The molecule has 20 heavy (non-hydrogen) atoms. The van der Waals surface area contributed by atoms with Crippen molar-refractivity contribution in [1.29, 1.82) is 0 Å². The average molecular weight is 299 g/mol. The fraction of sp³-hybridized carbons (Fsp3) is 0.615. The number of aromatic amines is 1. The van der Waals surface area contributed by atoms with Crippen molar-refractivity contribution in [3.63, 3.8) is 0 Å². The summed E-state index contributed by atoms with van der Waals surface area (Å²) >= 11 is 1.41. The normalized spacial score (nSPS) is 13.8. The van der Waals surface area contributed by atoms with Crippen molar-refractivity contribution in [3.8, 4) is 0 Å². The van der Waals surface area contributed by atoms with Crippen LogP contribution in [0.2, 0.25) is 0 Å². The summed E-state index contributed by atoms with van der Waals surface area (Å²) in [6, 6.07) is 1.45. The summed E-state index contributed by atoms with van der Waals surface area (Å²) < 4.78 is 4.82. The van der Waals surface area contributed by atoms with Gasteiger partial charge in [-0.3, -0.25) is 9.59 Å². The lowest BCUT2D eigenvalue weighted by atomic mass is 9.99. The zero-order valence-corrected chi connectivity index (χ0v) is 13.1. The van der Waals surface area contributed by atoms with Gasteiger partial charge in [0.05, 0.1) is 7.11 Å². The molecule has 1 unspecified atom stereocenters. The van der Waals surface area contributed by atoms with Crippen LogP contribution in [-0.2, 0) is 9.53 Å². The highest BCUT2D eigenvalue weighted by atomic mass is 32.2. The minimum atomic E-state index is -0.722. The number of carbonyl (C=O) groups is 1. The Balaban J connectivity index is 2.64. The standard InChI is InChI=1S/C13H21N3O3S/c1-5-14-13(3,11(18)19-4)6-7-20-12-15-9(2)8-10(17)16-12/h8,14H,5-7H2,1-4H3,(H,15,16,17). The number of nitrogens with zero attached hydrogens (tertiary/aromatic N) is 1. The Morgan fingerprint density at radius 2 is 2.30 bits per heavy atom. The van der Waals surface area contributed by atoms with E-state index in [9.17, 15) is 9.59 Å². The van der Waals surface area contributed by atoms with Crippen LogP contribution in [0.5, 0.6) is 0 Å². The molecule has 7 heteroatoms. The second kappa shape index (κ2) is 7.44. The molecule has 0 fully saturated rings. The average Bonchev–Trinajstić information content (AvgIpc) is 2.37. The van der Waals surface area contributed by atoms with Gasteiger partial charge in [0.1, 0.15) is 5.54 Å². The van der Waals surface area contributed by atoms with Gasteiger partial charge >= 0.3 is 5.97 Å². The first-order valence-electron chi connectivity index (χ1n) is 6.45. The summed E-state index contributed by atoms with van der Waals surface area (Å²) in [6.07, 6.45) is 0.579. The lowest BCUT2D eigenvalue weighted by molar-refractivity contribution is -0.147. The van der Waals surface area contributed by atoms with E-state index in [1.54, 1.807) is 6.92 Å². The van der Waals surface area contributed by atoms with Crippen molar-refractivity contribution >= 4 is 17.7 Å². The lowest BCUT2D eigenvalue weighted by Gasteiger charge is -2.27. The van der Waals surface area contributed by atoms with Crippen LogP contribution in [0.4, 0.5) is 0 Å². The highest BCUT2D eigenvalue weighted by molar-refractivity contribution is 7.99. The molecule has 0 aliphatic heterocycles. The molecule has 112 valence electrons. The van der Waals surface area contributed by atoms with Crippen molar-refractivity contribution in [2.75, 3.05) is 19.4 Å². The molecule has 1 aromatic heterocycles. The van der Waals surface area contributed by atoms with E-state index in [2.05, 4.69) is 15.3 Å². The first-order valence-corrected chi connectivity index (χ1v) is 7.44. The second-order valence-corrected chi connectivity index (χ2v) is 5.73. The summed E-state index contributed by atoms with van der Waals surface area (Å²) in [4.78, 5) is 30.0. The number of ether oxygens (including phenoxy) is 1. The Bertz CT molecular complexity index is 518. The smallest absolute Gasteiger partial charge is 0.325 e. The van der Waals surface area contributed by atoms with Crippen LogP contribution in [-0.4, -0.2) is 40.9 Å². The molecule has 1 rings (SSSR count). The predicted molar refractivity (Wildman–Crippen MR) is 79.0 cm³/mol. The summed E-state index contributed by atoms with van der Waals surface area (Å²) in [7, 11) is 1.38. The molecule has 0 radical (unpaired) electrons. The van der Waals surface area contributed by atoms with E-state index in [1.807, 2.05) is 13.8 Å². The zero-order chi connectivity index (χ0) is 15.2. The minimum Gasteiger partial charge on any atom is -0.468 e. The van der Waals surface area contributed by atoms with E-state index in [-0.39, 0.29) is 11.5 Å². The second-order valence-electron chi connectivity index (χ2n) is 4.64. The van der Waals surface area contributed by atoms with Gasteiger partial charge in [-0.25, -0.2) is 4.98 Å². The zero-order valence-electron chi connectivity index (χ0n) is 12.3. The Hall–Kier alpha value is -1.34. The SMILES string of the molecule is CCNC(C)(CCSc1nc(C)cc(=O)[nH]1)C(=O)OC. The highest BCUT2D eigenvalue weighted by Crippen LogP contribution is 2.19. The lowest BCUT2D eigenvalue weighted by Crippen LogP contribution is -2.50. The molecule has 1 heterocycles. The Kier molecular flexibility index (Phi) is 6.22. The van der Waals surface area contributed by atoms with E-state index in [0.717, 1.165) is 0 Å². The van der Waals surface area contributed by atoms with Gasteiger partial charge in [-0.15, -0.1) is 0 Å². The fourth-order valence-electron chi connectivity index (χ4n) is 1.85. The number of carbonyl (C=O) groups excluding carboxylic acids is 1. The maximum Gasteiger partial charge on any atom is 0.325 e. The number of likely N-dealkylation sites (N-methyl/N-ethyl adjacent to an activating group) is 1. The molecule has 0 aliphatic carbocycles. The molecule has 1 aromatic rings. The summed E-state index contributed by atoms with van der Waals surface area (Å²) in [6.45, 7) is 6.20. The first-order chi connectivity index (χ1) is 9.41. The van der Waals surface area contributed by atoms with Crippen LogP contribution in [0.1, 0.15) is 26.0 Å². The van der Waals surface area contributed by atoms with Gasteiger partial charge in [0, 0.05) is 17.5 Å². The van der Waals surface area contributed by atoms with Crippen LogP contribution in [0.15, 0.2) is 16.0 Å². The third-order valence-corrected chi connectivity index (χ3v) is 3.77. The molecule has 0 aromatic carbocycles. The summed E-state index contributed by atoms with van der Waals surface area (Å²) in [5, 5.41) is 3.71. The van der Waals surface area contributed by atoms with Gasteiger partial charge in [-0.1, -0.05) is 18.7 Å². The molecule has 0 spiro atoms. The van der Waals surface area contributed by atoms with Crippen molar-refractivity contribution < 1.29 is 9.53 Å². The van der Waals surface area contributed by atoms with Gasteiger partial charge in [0.2, 0.25) is 0 Å². The molecule has 0 saturated carbocycles. The Morgan fingerprint density at radius 1 is 1.60 bits per heavy atom. The van der Waals surface area contributed by atoms with Gasteiger partial charge in [-0.2, -0.15) is 0 Å². The number of hydrogen-bond acceptors (Lipinski definition) is 6. The summed E-state index contributed by atoms with van der Waals surface area (Å²) in [5.41, 5.74) is -0.207. The predicted octanol–water partition coefficient (Wildman–Crippen LogP) is 1.10. The maximum absolute atomic E-state index is 11.8. The molecule has 0 bridgehead atoms. The first kappa shape index (κ1) is 16.7. The highest BCUT2D eigenvalue weighted by Gasteiger charge is 2.32. The molecular formula is C13H21N3O3S. The van der Waals surface area contributed by atoms with Crippen LogP contribution >= 0.6 is 11.8 Å². The number of hydrogen-bond donors (Lipinski definition) is 2. The molecule has 0 saturated heterocycles. The number of nitrogens with one attached hydrogen (secondary N) is 2. The number of H-pyrrole nitrogens is 1. The van der Waals surface area contributed by atoms with E-state index in [0.29, 0.717) is 29.6 Å². The molecule has 0 aliphatic rings. The number of aryl methyl sites for hydroxylation is 1. The van der Waals surface area contributed by atoms with E-state index in [4.69, 9.17) is 4.74 Å². The number of rotatable bonds is 7. The van der Waals surface area contributed by atoms with Gasteiger partial charge in [0.25, 0.3) is 5.56 Å². The molecular weight excluding hydrogens is 278 g/mol. The topological polar surface area (TPSA) is 84.1 Å². The van der Waals surface area contributed by atoms with Crippen LogP contribution in [0, 0.1) is 6.92 Å². The van der Waals surface area contributed by atoms with Crippen LogP contribution in [0.25, 0.3) is 0 Å². The molecule has 6 nitrogen and oxygen atoms in total. The molecule has 1 atom stereocenters. The Morgan fingerprint density at radius 3 is 2.85 bits per heavy atom. The molecule has 2 N–H and O–H groups in total. The number of esters is 1. The van der Waals surface area contributed by atoms with E-state index >= 15 is 0 Å².